The molecule has 0 amide bonds. The van der Waals surface area contributed by atoms with Crippen molar-refractivity contribution in [2.45, 2.75) is 12.6 Å². The van der Waals surface area contributed by atoms with Crippen LogP contribution in [0.5, 0.6) is 17.2 Å². The summed E-state index contributed by atoms with van der Waals surface area (Å²) in [6, 6.07) is 13.6. The third kappa shape index (κ3) is 6.24. The number of aliphatic hydroxyl groups excluding tert-OH is 1. The number of ether oxygens (including phenoxy) is 3. The molecule has 3 N–H and O–H groups in total. The van der Waals surface area contributed by atoms with E-state index in [1.54, 1.807) is 19.1 Å². The van der Waals surface area contributed by atoms with Gasteiger partial charge in [-0.2, -0.15) is 0 Å². The number of hydrogen-bond donors (Lipinski definition) is 3. The van der Waals surface area contributed by atoms with Gasteiger partial charge in [-0.25, -0.2) is 0 Å². The maximum Gasteiger partial charge on any atom is 0.203 e. The lowest BCUT2D eigenvalue weighted by Gasteiger charge is -2.30. The summed E-state index contributed by atoms with van der Waals surface area (Å²) >= 11 is 5.96. The summed E-state index contributed by atoms with van der Waals surface area (Å²) in [7, 11) is 3.18. The lowest BCUT2D eigenvalue weighted by atomic mass is 10.2. The summed E-state index contributed by atoms with van der Waals surface area (Å²) < 4.78 is 16.5. The van der Waals surface area contributed by atoms with Gasteiger partial charge >= 0.3 is 0 Å². The highest BCUT2D eigenvalue weighted by atomic mass is 35.5. The Morgan fingerprint density at radius 3 is 2.10 bits per heavy atom. The van der Waals surface area contributed by atoms with Crippen LogP contribution in [0.25, 0.3) is 0 Å². The second-order valence-electron chi connectivity index (χ2n) is 7.46. The minimum absolute atomic E-state index is 0.210. The molecule has 1 saturated heterocycles. The first-order chi connectivity index (χ1) is 14.1. The zero-order chi connectivity index (χ0) is 20.6. The molecule has 1 heterocycles. The molecular weight excluding hydrogens is 392 g/mol. The molecule has 0 spiro atoms. The summed E-state index contributed by atoms with van der Waals surface area (Å²) in [5, 5.41) is 11.2. The number of rotatable bonds is 9. The highest BCUT2D eigenvalue weighted by Gasteiger charge is 2.25. The quantitative estimate of drug-likeness (QED) is 0.536. The third-order valence-electron chi connectivity index (χ3n) is 5.36. The molecule has 0 saturated carbocycles. The molecule has 0 bridgehead atoms. The molecule has 29 heavy (non-hydrogen) atoms. The Kier molecular flexibility index (Phi) is 8.00. The molecule has 158 valence electrons. The van der Waals surface area contributed by atoms with Gasteiger partial charge in [0.25, 0.3) is 0 Å². The summed E-state index contributed by atoms with van der Waals surface area (Å²) in [4.78, 5) is 2.98. The van der Waals surface area contributed by atoms with Gasteiger partial charge < -0.3 is 29.1 Å². The largest absolute Gasteiger partial charge is 0.493 e. The monoisotopic (exact) mass is 422 g/mol. The van der Waals surface area contributed by atoms with Crippen LogP contribution in [0.1, 0.15) is 5.56 Å². The van der Waals surface area contributed by atoms with Crippen molar-refractivity contribution in [1.82, 2.24) is 0 Å². The molecule has 1 aliphatic heterocycles. The van der Waals surface area contributed by atoms with Gasteiger partial charge in [-0.15, -0.1) is 0 Å². The maximum atomic E-state index is 10.5. The highest BCUT2D eigenvalue weighted by molar-refractivity contribution is 6.30. The van der Waals surface area contributed by atoms with Crippen LogP contribution in [-0.4, -0.2) is 64.8 Å². The predicted molar refractivity (Wildman–Crippen MR) is 112 cm³/mol. The molecule has 3 rings (SSSR count). The Balaban J connectivity index is 1.43. The van der Waals surface area contributed by atoms with Gasteiger partial charge in [-0.3, -0.25) is 0 Å². The van der Waals surface area contributed by atoms with Crippen molar-refractivity contribution < 1.29 is 29.1 Å². The van der Waals surface area contributed by atoms with Gasteiger partial charge in [0, 0.05) is 10.6 Å². The van der Waals surface area contributed by atoms with Crippen LogP contribution < -0.4 is 24.0 Å². The number of halogens is 1. The van der Waals surface area contributed by atoms with Gasteiger partial charge in [0.05, 0.1) is 14.2 Å². The molecule has 0 unspecified atom stereocenters. The van der Waals surface area contributed by atoms with Crippen LogP contribution in [0.3, 0.4) is 0 Å². The van der Waals surface area contributed by atoms with Crippen LogP contribution in [-0.2, 0) is 6.54 Å². The topological polar surface area (TPSA) is 56.8 Å². The zero-order valence-corrected chi connectivity index (χ0v) is 17.9. The Morgan fingerprint density at radius 1 is 0.931 bits per heavy atom. The van der Waals surface area contributed by atoms with Gasteiger partial charge in [-0.05, 0) is 24.3 Å². The Morgan fingerprint density at radius 2 is 1.52 bits per heavy atom. The number of aliphatic hydroxyl groups is 1. The average molecular weight is 423 g/mol. The molecular formula is C22H31ClN2O4+2. The molecule has 1 atom stereocenters. The molecule has 6 nitrogen and oxygen atoms in total. The van der Waals surface area contributed by atoms with E-state index in [9.17, 15) is 5.11 Å². The predicted octanol–water partition coefficient (Wildman–Crippen LogP) is 0.0805. The normalized spacial score (nSPS) is 20.1. The Bertz CT molecular complexity index is 742. The van der Waals surface area contributed by atoms with E-state index in [0.717, 1.165) is 37.7 Å². The number of piperazine rings is 1. The minimum atomic E-state index is -0.544. The van der Waals surface area contributed by atoms with Crippen molar-refractivity contribution in [3.05, 3.63) is 53.1 Å². The summed E-state index contributed by atoms with van der Waals surface area (Å²) in [5.74, 6) is 1.73. The maximum absolute atomic E-state index is 10.5. The molecule has 0 aromatic heterocycles. The smallest absolute Gasteiger partial charge is 0.203 e. The fourth-order valence-electron chi connectivity index (χ4n) is 3.76. The first-order valence-corrected chi connectivity index (χ1v) is 10.4. The van der Waals surface area contributed by atoms with Crippen LogP contribution in [0, 0.1) is 0 Å². The van der Waals surface area contributed by atoms with Gasteiger partial charge in [0.15, 0.2) is 11.5 Å². The SMILES string of the molecule is COc1cccc(OC)c1OC[C@@H](O)C[NH+]1CC[NH+](Cc2ccc(Cl)cc2)CC1. The van der Waals surface area contributed by atoms with Gasteiger partial charge in [0.2, 0.25) is 5.75 Å². The molecule has 1 aliphatic rings. The first-order valence-electron chi connectivity index (χ1n) is 10.0. The van der Waals surface area contributed by atoms with Crippen molar-refractivity contribution in [2.75, 3.05) is 53.6 Å². The average Bonchev–Trinajstić information content (AvgIpc) is 2.75. The minimum Gasteiger partial charge on any atom is -0.493 e. The van der Waals surface area contributed by atoms with Crippen LogP contribution >= 0.6 is 11.6 Å². The molecule has 2 aromatic rings. The lowest BCUT2D eigenvalue weighted by Crippen LogP contribution is -3.28. The van der Waals surface area contributed by atoms with Crippen molar-refractivity contribution >= 4 is 11.6 Å². The molecule has 7 heteroatoms. The van der Waals surface area contributed by atoms with E-state index in [0.29, 0.717) is 23.8 Å². The third-order valence-corrected chi connectivity index (χ3v) is 5.61. The van der Waals surface area contributed by atoms with Crippen molar-refractivity contribution in [3.8, 4) is 17.2 Å². The number of quaternary nitrogens is 2. The second kappa shape index (κ2) is 10.7. The number of nitrogens with one attached hydrogen (secondary N) is 2. The standard InChI is InChI=1S/C22H29ClN2O4/c1-27-20-4-3-5-21(28-2)22(20)29-16-19(26)15-25-12-10-24(11-13-25)14-17-6-8-18(23)9-7-17/h3-9,19,26H,10-16H2,1-2H3/p+2/t19-/m0/s1. The molecule has 0 radical (unpaired) electrons. The second-order valence-corrected chi connectivity index (χ2v) is 7.90. The first kappa shape index (κ1) is 21.7. The zero-order valence-electron chi connectivity index (χ0n) is 17.1. The highest BCUT2D eigenvalue weighted by Crippen LogP contribution is 2.36. The number of para-hydroxylation sites is 1. The fraction of sp³-hybridized carbons (Fsp3) is 0.455. The van der Waals surface area contributed by atoms with Crippen LogP contribution in [0.15, 0.2) is 42.5 Å². The number of methoxy groups -OCH3 is 2. The van der Waals surface area contributed by atoms with Crippen LogP contribution in [0.4, 0.5) is 0 Å². The van der Waals surface area contributed by atoms with E-state index in [4.69, 9.17) is 25.8 Å². The summed E-state index contributed by atoms with van der Waals surface area (Å²) in [6.45, 7) is 6.16. The van der Waals surface area contributed by atoms with E-state index in [1.165, 1.54) is 10.5 Å². The molecule has 2 aromatic carbocycles. The fourth-order valence-corrected chi connectivity index (χ4v) is 3.89. The van der Waals surface area contributed by atoms with Gasteiger partial charge in [0.1, 0.15) is 52.0 Å². The number of benzene rings is 2. The summed E-state index contributed by atoms with van der Waals surface area (Å²) in [6.07, 6.45) is -0.544. The van der Waals surface area contributed by atoms with Crippen molar-refractivity contribution in [1.29, 1.82) is 0 Å². The molecule has 0 aliphatic carbocycles. The van der Waals surface area contributed by atoms with E-state index in [-0.39, 0.29) is 6.61 Å². The van der Waals surface area contributed by atoms with E-state index >= 15 is 0 Å². The molecule has 1 fully saturated rings. The Hall–Kier alpha value is -1.99. The lowest BCUT2D eigenvalue weighted by molar-refractivity contribution is -1.02. The summed E-state index contributed by atoms with van der Waals surface area (Å²) in [5.41, 5.74) is 1.31. The van der Waals surface area contributed by atoms with Crippen molar-refractivity contribution in [3.63, 3.8) is 0 Å². The van der Waals surface area contributed by atoms with Crippen LogP contribution in [0.2, 0.25) is 5.02 Å². The van der Waals surface area contributed by atoms with Crippen molar-refractivity contribution in [2.24, 2.45) is 0 Å². The van der Waals surface area contributed by atoms with E-state index < -0.39 is 6.10 Å². The number of hydrogen-bond acceptors (Lipinski definition) is 4. The Labute approximate surface area is 177 Å². The van der Waals surface area contributed by atoms with E-state index in [2.05, 4.69) is 12.1 Å². The van der Waals surface area contributed by atoms with Gasteiger partial charge in [-0.1, -0.05) is 29.8 Å². The van der Waals surface area contributed by atoms with E-state index in [1.807, 2.05) is 30.3 Å².